The number of pyridine rings is 1. The van der Waals surface area contributed by atoms with Crippen LogP contribution in [-0.4, -0.2) is 11.2 Å². The highest BCUT2D eigenvalue weighted by atomic mass is 19.4. The summed E-state index contributed by atoms with van der Waals surface area (Å²) in [7, 11) is 0. The van der Waals surface area contributed by atoms with Crippen molar-refractivity contribution in [3.63, 3.8) is 0 Å². The number of alkyl halides is 3. The van der Waals surface area contributed by atoms with Crippen LogP contribution in [0.4, 0.5) is 13.2 Å². The highest BCUT2D eigenvalue weighted by Crippen LogP contribution is 2.25. The van der Waals surface area contributed by atoms with Gasteiger partial charge in [-0.15, -0.1) is 0 Å². The Bertz CT molecular complexity index is 304. The molecule has 0 fully saturated rings. The highest BCUT2D eigenvalue weighted by molar-refractivity contribution is 5.23. The van der Waals surface area contributed by atoms with Gasteiger partial charge in [0.25, 0.3) is 0 Å². The summed E-state index contributed by atoms with van der Waals surface area (Å²) in [5, 5.41) is 0. The maximum Gasteiger partial charge on any atom is 0.394 e. The molecule has 0 atom stereocenters. The third-order valence-corrected chi connectivity index (χ3v) is 1.92. The van der Waals surface area contributed by atoms with Gasteiger partial charge in [-0.2, -0.15) is 13.2 Å². The smallest absolute Gasteiger partial charge is 0.261 e. The minimum Gasteiger partial charge on any atom is -0.261 e. The van der Waals surface area contributed by atoms with Crippen molar-refractivity contribution in [2.45, 2.75) is 32.4 Å². The first-order valence-corrected chi connectivity index (χ1v) is 4.40. The summed E-state index contributed by atoms with van der Waals surface area (Å²) in [6.45, 7) is 3.72. The van der Waals surface area contributed by atoms with E-state index in [1.807, 2.05) is 13.8 Å². The molecule has 0 aromatic carbocycles. The molecule has 1 rings (SSSR count). The van der Waals surface area contributed by atoms with Crippen molar-refractivity contribution in [1.29, 1.82) is 0 Å². The summed E-state index contributed by atoms with van der Waals surface area (Å²) in [6, 6.07) is 3.36. The van der Waals surface area contributed by atoms with Crippen molar-refractivity contribution >= 4 is 0 Å². The summed E-state index contributed by atoms with van der Waals surface area (Å²) >= 11 is 0. The summed E-state index contributed by atoms with van der Waals surface area (Å²) in [5.74, 6) is 0.0704. The molecule has 0 saturated heterocycles. The number of aromatic nitrogens is 1. The molecule has 0 unspecified atom stereocenters. The molecule has 0 bridgehead atoms. The monoisotopic (exact) mass is 203 g/mol. The van der Waals surface area contributed by atoms with Gasteiger partial charge in [0.1, 0.15) is 0 Å². The van der Waals surface area contributed by atoms with Crippen LogP contribution >= 0.6 is 0 Å². The second-order valence-electron chi connectivity index (χ2n) is 3.49. The Morgan fingerprint density at radius 2 is 2.00 bits per heavy atom. The number of rotatable bonds is 2. The van der Waals surface area contributed by atoms with Crippen LogP contribution in [0.3, 0.4) is 0 Å². The van der Waals surface area contributed by atoms with E-state index in [9.17, 15) is 13.2 Å². The Balaban J connectivity index is 2.96. The van der Waals surface area contributed by atoms with E-state index in [0.717, 1.165) is 0 Å². The van der Waals surface area contributed by atoms with E-state index in [1.54, 1.807) is 12.1 Å². The average molecular weight is 203 g/mol. The minimum absolute atomic E-state index is 0.0704. The Kier molecular flexibility index (Phi) is 3.13. The molecule has 0 radical (unpaired) electrons. The molecular weight excluding hydrogens is 191 g/mol. The zero-order chi connectivity index (χ0) is 10.8. The Morgan fingerprint density at radius 1 is 1.36 bits per heavy atom. The van der Waals surface area contributed by atoms with Crippen LogP contribution in [0.5, 0.6) is 0 Å². The van der Waals surface area contributed by atoms with E-state index in [-0.39, 0.29) is 11.6 Å². The van der Waals surface area contributed by atoms with Gasteiger partial charge in [0, 0.05) is 6.20 Å². The lowest BCUT2D eigenvalue weighted by atomic mass is 10.00. The molecule has 0 aliphatic carbocycles. The lowest BCUT2D eigenvalue weighted by Gasteiger charge is -2.12. The average Bonchev–Trinajstić information content (AvgIpc) is 2.01. The van der Waals surface area contributed by atoms with Crippen molar-refractivity contribution in [2.24, 2.45) is 0 Å². The van der Waals surface area contributed by atoms with Gasteiger partial charge < -0.3 is 0 Å². The number of nitrogens with zero attached hydrogens (tertiary/aromatic N) is 1. The SMILES string of the molecule is CC(C)c1cccnc1CC(F)(F)F. The van der Waals surface area contributed by atoms with Crippen molar-refractivity contribution in [2.75, 3.05) is 0 Å². The van der Waals surface area contributed by atoms with Crippen LogP contribution in [0, 0.1) is 0 Å². The quantitative estimate of drug-likeness (QED) is 0.718. The van der Waals surface area contributed by atoms with Crippen LogP contribution in [0.15, 0.2) is 18.3 Å². The molecule has 0 aliphatic heterocycles. The molecule has 4 heteroatoms. The third-order valence-electron chi connectivity index (χ3n) is 1.92. The van der Waals surface area contributed by atoms with Crippen molar-refractivity contribution < 1.29 is 13.2 Å². The van der Waals surface area contributed by atoms with E-state index in [4.69, 9.17) is 0 Å². The molecule has 1 aromatic rings. The molecule has 0 amide bonds. The first kappa shape index (κ1) is 11.0. The summed E-state index contributed by atoms with van der Waals surface area (Å²) < 4.78 is 36.4. The lowest BCUT2D eigenvalue weighted by Crippen LogP contribution is -2.14. The van der Waals surface area contributed by atoms with Crippen LogP contribution < -0.4 is 0 Å². The zero-order valence-corrected chi connectivity index (χ0v) is 8.10. The molecule has 0 aliphatic rings. The minimum atomic E-state index is -4.18. The molecule has 0 saturated carbocycles. The fraction of sp³-hybridized carbons (Fsp3) is 0.500. The third kappa shape index (κ3) is 3.01. The maximum absolute atomic E-state index is 12.1. The summed E-state index contributed by atoms with van der Waals surface area (Å²) in [4.78, 5) is 3.77. The first-order valence-electron chi connectivity index (χ1n) is 4.40. The highest BCUT2D eigenvalue weighted by Gasteiger charge is 2.29. The van der Waals surface area contributed by atoms with Crippen molar-refractivity contribution in [1.82, 2.24) is 4.98 Å². The predicted molar refractivity (Wildman–Crippen MR) is 48.1 cm³/mol. The number of hydrogen-bond acceptors (Lipinski definition) is 1. The van der Waals surface area contributed by atoms with Crippen LogP contribution in [0.2, 0.25) is 0 Å². The van der Waals surface area contributed by atoms with Gasteiger partial charge >= 0.3 is 6.18 Å². The standard InChI is InChI=1S/C10H12F3N/c1-7(2)8-4-3-5-14-9(8)6-10(11,12)13/h3-5,7H,6H2,1-2H3. The molecule has 1 aromatic heterocycles. The van der Waals surface area contributed by atoms with Gasteiger partial charge in [-0.1, -0.05) is 19.9 Å². The van der Waals surface area contributed by atoms with Crippen LogP contribution in [0.25, 0.3) is 0 Å². The van der Waals surface area contributed by atoms with Gasteiger partial charge in [0.05, 0.1) is 12.1 Å². The number of hydrogen-bond donors (Lipinski definition) is 0. The lowest BCUT2D eigenvalue weighted by molar-refractivity contribution is -0.128. The van der Waals surface area contributed by atoms with Gasteiger partial charge in [0.2, 0.25) is 0 Å². The molecule has 78 valence electrons. The molecule has 14 heavy (non-hydrogen) atoms. The van der Waals surface area contributed by atoms with E-state index in [0.29, 0.717) is 5.56 Å². The molecule has 1 heterocycles. The van der Waals surface area contributed by atoms with E-state index in [2.05, 4.69) is 4.98 Å². The van der Waals surface area contributed by atoms with Crippen LogP contribution in [0.1, 0.15) is 31.0 Å². The van der Waals surface area contributed by atoms with Gasteiger partial charge in [-0.3, -0.25) is 4.98 Å². The zero-order valence-electron chi connectivity index (χ0n) is 8.10. The molecule has 0 N–H and O–H groups in total. The molecule has 1 nitrogen and oxygen atoms in total. The second-order valence-corrected chi connectivity index (χ2v) is 3.49. The molecular formula is C10H12F3N. The van der Waals surface area contributed by atoms with Gasteiger partial charge in [-0.05, 0) is 17.5 Å². The van der Waals surface area contributed by atoms with Crippen LogP contribution in [-0.2, 0) is 6.42 Å². The fourth-order valence-corrected chi connectivity index (χ4v) is 1.31. The molecule has 0 spiro atoms. The van der Waals surface area contributed by atoms with E-state index < -0.39 is 12.6 Å². The van der Waals surface area contributed by atoms with Gasteiger partial charge in [-0.25, -0.2) is 0 Å². The topological polar surface area (TPSA) is 12.9 Å². The van der Waals surface area contributed by atoms with Crippen molar-refractivity contribution in [3.8, 4) is 0 Å². The summed E-state index contributed by atoms with van der Waals surface area (Å²) in [5.41, 5.74) is 0.805. The summed E-state index contributed by atoms with van der Waals surface area (Å²) in [6.07, 6.45) is -3.73. The Hall–Kier alpha value is -1.06. The Labute approximate surface area is 81.0 Å². The van der Waals surface area contributed by atoms with Crippen molar-refractivity contribution in [3.05, 3.63) is 29.6 Å². The Morgan fingerprint density at radius 3 is 2.50 bits per heavy atom. The largest absolute Gasteiger partial charge is 0.394 e. The van der Waals surface area contributed by atoms with Gasteiger partial charge in [0.15, 0.2) is 0 Å². The number of halogens is 3. The van der Waals surface area contributed by atoms with E-state index in [1.165, 1.54) is 6.20 Å². The predicted octanol–water partition coefficient (Wildman–Crippen LogP) is 3.31. The maximum atomic E-state index is 12.1. The van der Waals surface area contributed by atoms with E-state index >= 15 is 0 Å². The second kappa shape index (κ2) is 3.98. The first-order chi connectivity index (χ1) is 6.40. The fourth-order valence-electron chi connectivity index (χ4n) is 1.31. The normalized spacial score (nSPS) is 12.1.